The number of rotatable bonds is 4. The Bertz CT molecular complexity index is 588. The van der Waals surface area contributed by atoms with Crippen LogP contribution in [0.15, 0.2) is 12.3 Å². The van der Waals surface area contributed by atoms with Crippen molar-refractivity contribution in [2.24, 2.45) is 19.8 Å². The summed E-state index contributed by atoms with van der Waals surface area (Å²) in [5.41, 5.74) is 7.65. The van der Waals surface area contributed by atoms with Gasteiger partial charge in [0.05, 0.1) is 5.69 Å². The predicted octanol–water partition coefficient (Wildman–Crippen LogP) is 0.595. The zero-order valence-corrected chi connectivity index (χ0v) is 11.9. The molecule has 0 fully saturated rings. The van der Waals surface area contributed by atoms with Gasteiger partial charge in [-0.25, -0.2) is 0 Å². The Balaban J connectivity index is 0.00000180. The minimum Gasteiger partial charge on any atom is -0.364 e. The highest BCUT2D eigenvalue weighted by molar-refractivity contribution is 5.91. The minimum atomic E-state index is -0.490. The standard InChI is InChI=1S/C11H16N6O.ClH/c1-7-8(6-16(2)14-7)5-13-10-4-9(11(12)18)17(3)15-10;/h4,6H,5H2,1-3H3,(H2,12,18)(H,13,15);1H. The summed E-state index contributed by atoms with van der Waals surface area (Å²) < 4.78 is 3.22. The first-order valence-electron chi connectivity index (χ1n) is 5.54. The second-order valence-electron chi connectivity index (χ2n) is 4.17. The number of carbonyl (C=O) groups is 1. The summed E-state index contributed by atoms with van der Waals surface area (Å²) in [6.07, 6.45) is 1.94. The van der Waals surface area contributed by atoms with Gasteiger partial charge in [-0.1, -0.05) is 0 Å². The van der Waals surface area contributed by atoms with Gasteiger partial charge in [-0.2, -0.15) is 10.2 Å². The first-order chi connectivity index (χ1) is 8.47. The van der Waals surface area contributed by atoms with E-state index in [4.69, 9.17) is 5.73 Å². The van der Waals surface area contributed by atoms with E-state index in [1.54, 1.807) is 17.8 Å². The van der Waals surface area contributed by atoms with Crippen LogP contribution in [-0.2, 0) is 20.6 Å². The second kappa shape index (κ2) is 5.75. The molecule has 0 atom stereocenters. The van der Waals surface area contributed by atoms with Crippen LogP contribution < -0.4 is 11.1 Å². The molecule has 0 aliphatic heterocycles. The van der Waals surface area contributed by atoms with Gasteiger partial charge in [0.25, 0.3) is 5.91 Å². The molecule has 0 aliphatic rings. The first kappa shape index (κ1) is 15.0. The van der Waals surface area contributed by atoms with Crippen LogP contribution >= 0.6 is 12.4 Å². The van der Waals surface area contributed by atoms with Gasteiger partial charge in [-0.15, -0.1) is 12.4 Å². The van der Waals surface area contributed by atoms with Gasteiger partial charge in [0.15, 0.2) is 0 Å². The van der Waals surface area contributed by atoms with Crippen molar-refractivity contribution >= 4 is 24.1 Å². The van der Waals surface area contributed by atoms with Gasteiger partial charge < -0.3 is 11.1 Å². The van der Waals surface area contributed by atoms with Crippen LogP contribution in [-0.4, -0.2) is 25.5 Å². The summed E-state index contributed by atoms with van der Waals surface area (Å²) in [5.74, 6) is 0.130. The Labute approximate surface area is 117 Å². The molecule has 3 N–H and O–H groups in total. The number of anilines is 1. The van der Waals surface area contributed by atoms with E-state index in [0.29, 0.717) is 18.1 Å². The lowest BCUT2D eigenvalue weighted by atomic mass is 10.2. The van der Waals surface area contributed by atoms with Crippen molar-refractivity contribution in [3.63, 3.8) is 0 Å². The van der Waals surface area contributed by atoms with Crippen LogP contribution in [0.3, 0.4) is 0 Å². The average molecular weight is 285 g/mol. The lowest BCUT2D eigenvalue weighted by molar-refractivity contribution is 0.0991. The van der Waals surface area contributed by atoms with Gasteiger partial charge in [0, 0.05) is 38.5 Å². The van der Waals surface area contributed by atoms with Crippen molar-refractivity contribution in [1.29, 1.82) is 0 Å². The van der Waals surface area contributed by atoms with Crippen molar-refractivity contribution < 1.29 is 4.79 Å². The summed E-state index contributed by atoms with van der Waals surface area (Å²) in [6, 6.07) is 1.63. The fourth-order valence-electron chi connectivity index (χ4n) is 1.79. The highest BCUT2D eigenvalue weighted by Gasteiger charge is 2.10. The van der Waals surface area contributed by atoms with Gasteiger partial charge >= 0.3 is 0 Å². The van der Waals surface area contributed by atoms with Crippen LogP contribution in [0.4, 0.5) is 5.82 Å². The van der Waals surface area contributed by atoms with Crippen molar-refractivity contribution in [3.05, 3.63) is 29.2 Å². The maximum absolute atomic E-state index is 11.1. The number of aromatic nitrogens is 4. The molecular weight excluding hydrogens is 268 g/mol. The number of carbonyl (C=O) groups excluding carboxylic acids is 1. The van der Waals surface area contributed by atoms with Crippen molar-refractivity contribution in [3.8, 4) is 0 Å². The lowest BCUT2D eigenvalue weighted by Gasteiger charge is -2.00. The third kappa shape index (κ3) is 3.25. The Kier molecular flexibility index (Phi) is 4.55. The molecule has 2 heterocycles. The zero-order valence-electron chi connectivity index (χ0n) is 11.0. The molecule has 0 radical (unpaired) electrons. The van der Waals surface area contributed by atoms with Crippen LogP contribution in [0.25, 0.3) is 0 Å². The topological polar surface area (TPSA) is 90.8 Å². The zero-order chi connectivity index (χ0) is 13.3. The number of amides is 1. The molecule has 0 spiro atoms. The summed E-state index contributed by atoms with van der Waals surface area (Å²) in [6.45, 7) is 2.55. The van der Waals surface area contributed by atoms with Crippen molar-refractivity contribution in [2.45, 2.75) is 13.5 Å². The number of hydrogen-bond acceptors (Lipinski definition) is 4. The summed E-state index contributed by atoms with van der Waals surface area (Å²) in [7, 11) is 3.56. The predicted molar refractivity (Wildman–Crippen MR) is 74.2 cm³/mol. The van der Waals surface area contributed by atoms with E-state index in [-0.39, 0.29) is 12.4 Å². The van der Waals surface area contributed by atoms with Gasteiger partial charge in [0.1, 0.15) is 11.5 Å². The third-order valence-electron chi connectivity index (χ3n) is 2.71. The molecule has 8 heteroatoms. The largest absolute Gasteiger partial charge is 0.364 e. The van der Waals surface area contributed by atoms with Crippen LogP contribution in [0.2, 0.25) is 0 Å². The van der Waals surface area contributed by atoms with E-state index in [0.717, 1.165) is 11.3 Å². The fourth-order valence-corrected chi connectivity index (χ4v) is 1.79. The number of nitrogens with two attached hydrogens (primary N) is 1. The highest BCUT2D eigenvalue weighted by atomic mass is 35.5. The van der Waals surface area contributed by atoms with Crippen LogP contribution in [0, 0.1) is 6.92 Å². The molecule has 0 saturated heterocycles. The van der Waals surface area contributed by atoms with Gasteiger partial charge in [-0.3, -0.25) is 14.2 Å². The number of nitrogens with zero attached hydrogens (tertiary/aromatic N) is 4. The monoisotopic (exact) mass is 284 g/mol. The quantitative estimate of drug-likeness (QED) is 0.860. The van der Waals surface area contributed by atoms with E-state index in [1.807, 2.05) is 20.2 Å². The summed E-state index contributed by atoms with van der Waals surface area (Å²) in [5, 5.41) is 11.6. The van der Waals surface area contributed by atoms with E-state index >= 15 is 0 Å². The molecule has 2 aromatic rings. The number of halogens is 1. The SMILES string of the molecule is Cc1nn(C)cc1CNc1cc(C(N)=O)n(C)n1.Cl. The Morgan fingerprint density at radius 1 is 1.42 bits per heavy atom. The lowest BCUT2D eigenvalue weighted by Crippen LogP contribution is -2.15. The summed E-state index contributed by atoms with van der Waals surface area (Å²) in [4.78, 5) is 11.1. The maximum atomic E-state index is 11.1. The Morgan fingerprint density at radius 2 is 2.11 bits per heavy atom. The molecule has 0 aromatic carbocycles. The van der Waals surface area contributed by atoms with Gasteiger partial charge in [0.2, 0.25) is 0 Å². The van der Waals surface area contributed by atoms with Crippen LogP contribution in [0.1, 0.15) is 21.7 Å². The molecular formula is C11H17ClN6O. The molecule has 0 unspecified atom stereocenters. The molecule has 2 rings (SSSR count). The number of primary amides is 1. The molecule has 7 nitrogen and oxygen atoms in total. The molecule has 1 amide bonds. The Morgan fingerprint density at radius 3 is 2.58 bits per heavy atom. The number of nitrogens with one attached hydrogen (secondary N) is 1. The molecule has 0 bridgehead atoms. The fraction of sp³-hybridized carbons (Fsp3) is 0.364. The van der Waals surface area contributed by atoms with E-state index in [2.05, 4.69) is 15.5 Å². The summed E-state index contributed by atoms with van der Waals surface area (Å²) >= 11 is 0. The third-order valence-corrected chi connectivity index (χ3v) is 2.71. The number of aryl methyl sites for hydroxylation is 3. The molecule has 104 valence electrons. The average Bonchev–Trinajstić information content (AvgIpc) is 2.79. The second-order valence-corrected chi connectivity index (χ2v) is 4.17. The van der Waals surface area contributed by atoms with E-state index in [9.17, 15) is 4.79 Å². The Hall–Kier alpha value is -2.02. The van der Waals surface area contributed by atoms with Crippen molar-refractivity contribution in [1.82, 2.24) is 19.6 Å². The van der Waals surface area contributed by atoms with E-state index in [1.165, 1.54) is 4.68 Å². The van der Waals surface area contributed by atoms with Crippen molar-refractivity contribution in [2.75, 3.05) is 5.32 Å². The van der Waals surface area contributed by atoms with Crippen LogP contribution in [0.5, 0.6) is 0 Å². The minimum absolute atomic E-state index is 0. The highest BCUT2D eigenvalue weighted by Crippen LogP contribution is 2.11. The normalized spacial score (nSPS) is 10.1. The smallest absolute Gasteiger partial charge is 0.267 e. The molecule has 19 heavy (non-hydrogen) atoms. The molecule has 0 aliphatic carbocycles. The van der Waals surface area contributed by atoms with Gasteiger partial charge in [-0.05, 0) is 6.92 Å². The molecule has 0 saturated carbocycles. The maximum Gasteiger partial charge on any atom is 0.267 e. The van der Waals surface area contributed by atoms with E-state index < -0.39 is 5.91 Å². The molecule has 2 aromatic heterocycles. The number of hydrogen-bond donors (Lipinski definition) is 2. The first-order valence-corrected chi connectivity index (χ1v) is 5.54.